The lowest BCUT2D eigenvalue weighted by Gasteiger charge is -2.14. The zero-order chi connectivity index (χ0) is 12.8. The summed E-state index contributed by atoms with van der Waals surface area (Å²) < 4.78 is 15.8. The van der Waals surface area contributed by atoms with Crippen LogP contribution in [0.4, 0.5) is 0 Å². The summed E-state index contributed by atoms with van der Waals surface area (Å²) in [6.45, 7) is 1.78. The van der Waals surface area contributed by atoms with Crippen molar-refractivity contribution in [1.82, 2.24) is 0 Å². The number of aliphatic hydroxyl groups is 1. The lowest BCUT2D eigenvalue weighted by molar-refractivity contribution is 0.185. The second-order valence-corrected chi connectivity index (χ2v) is 3.92. The van der Waals surface area contributed by atoms with E-state index in [0.29, 0.717) is 23.7 Å². The maximum Gasteiger partial charge on any atom is 0.203 e. The van der Waals surface area contributed by atoms with E-state index in [1.807, 2.05) is 12.1 Å². The van der Waals surface area contributed by atoms with Crippen LogP contribution in [0, 0.1) is 0 Å². The molecular weight excluding hydrogens is 220 g/mol. The van der Waals surface area contributed by atoms with Crippen molar-refractivity contribution >= 4 is 0 Å². The average Bonchev–Trinajstić information content (AvgIpc) is 2.34. The quantitative estimate of drug-likeness (QED) is 0.826. The fourth-order valence-electron chi connectivity index (χ4n) is 1.66. The van der Waals surface area contributed by atoms with E-state index < -0.39 is 0 Å². The maximum atomic E-state index is 9.28. The summed E-state index contributed by atoms with van der Waals surface area (Å²) in [7, 11) is 4.77. The molecule has 1 rings (SSSR count). The van der Waals surface area contributed by atoms with Gasteiger partial charge in [-0.25, -0.2) is 0 Å². The minimum atomic E-state index is -0.311. The highest BCUT2D eigenvalue weighted by Crippen LogP contribution is 2.38. The predicted octanol–water partition coefficient (Wildman–Crippen LogP) is 2.03. The molecule has 0 fully saturated rings. The third-order valence-corrected chi connectivity index (χ3v) is 2.58. The Morgan fingerprint density at radius 3 is 1.94 bits per heavy atom. The molecule has 0 amide bonds. The van der Waals surface area contributed by atoms with Crippen LogP contribution >= 0.6 is 0 Å². The van der Waals surface area contributed by atoms with E-state index in [-0.39, 0.29) is 6.10 Å². The van der Waals surface area contributed by atoms with E-state index in [1.54, 1.807) is 28.3 Å². The predicted molar refractivity (Wildman–Crippen MR) is 66.1 cm³/mol. The highest BCUT2D eigenvalue weighted by Gasteiger charge is 2.13. The van der Waals surface area contributed by atoms with Gasteiger partial charge in [-0.3, -0.25) is 0 Å². The summed E-state index contributed by atoms with van der Waals surface area (Å²) in [6, 6.07) is 3.81. The van der Waals surface area contributed by atoms with Crippen LogP contribution in [-0.2, 0) is 6.42 Å². The molecule has 17 heavy (non-hydrogen) atoms. The number of hydrogen-bond donors (Lipinski definition) is 1. The first-order valence-corrected chi connectivity index (χ1v) is 5.59. The minimum Gasteiger partial charge on any atom is -0.493 e. The van der Waals surface area contributed by atoms with E-state index >= 15 is 0 Å². The van der Waals surface area contributed by atoms with Crippen LogP contribution in [0.1, 0.15) is 18.9 Å². The van der Waals surface area contributed by atoms with Gasteiger partial charge in [-0.05, 0) is 37.5 Å². The fourth-order valence-corrected chi connectivity index (χ4v) is 1.66. The lowest BCUT2D eigenvalue weighted by atomic mass is 10.1. The molecule has 4 heteroatoms. The molecule has 1 aromatic rings. The van der Waals surface area contributed by atoms with Gasteiger partial charge in [0.1, 0.15) is 0 Å². The molecule has 0 saturated carbocycles. The molecule has 0 radical (unpaired) electrons. The first kappa shape index (κ1) is 13.6. The molecule has 1 atom stereocenters. The van der Waals surface area contributed by atoms with Gasteiger partial charge in [0.25, 0.3) is 0 Å². The van der Waals surface area contributed by atoms with E-state index in [1.165, 1.54) is 0 Å². The van der Waals surface area contributed by atoms with Crippen molar-refractivity contribution in [2.24, 2.45) is 0 Å². The number of methoxy groups -OCH3 is 3. The zero-order valence-electron chi connectivity index (χ0n) is 10.8. The molecule has 0 spiro atoms. The molecule has 1 aromatic carbocycles. The summed E-state index contributed by atoms with van der Waals surface area (Å²) in [5, 5.41) is 9.28. The Morgan fingerprint density at radius 2 is 1.59 bits per heavy atom. The first-order valence-electron chi connectivity index (χ1n) is 5.59. The van der Waals surface area contributed by atoms with Crippen molar-refractivity contribution in [3.8, 4) is 17.2 Å². The SMILES string of the molecule is COc1cc(CCC(C)O)cc(OC)c1OC. The Hall–Kier alpha value is -1.42. The molecular formula is C13H20O4. The molecule has 0 aliphatic heterocycles. The molecule has 0 bridgehead atoms. The Kier molecular flexibility index (Phi) is 5.10. The Balaban J connectivity index is 3.00. The van der Waals surface area contributed by atoms with Gasteiger partial charge in [-0.1, -0.05) is 0 Å². The van der Waals surface area contributed by atoms with Gasteiger partial charge in [0.15, 0.2) is 11.5 Å². The van der Waals surface area contributed by atoms with Crippen LogP contribution in [0.3, 0.4) is 0 Å². The highest BCUT2D eigenvalue weighted by molar-refractivity contribution is 5.53. The van der Waals surface area contributed by atoms with Crippen LogP contribution in [0.15, 0.2) is 12.1 Å². The largest absolute Gasteiger partial charge is 0.493 e. The van der Waals surface area contributed by atoms with E-state index in [4.69, 9.17) is 14.2 Å². The summed E-state index contributed by atoms with van der Waals surface area (Å²) in [4.78, 5) is 0. The molecule has 0 aliphatic rings. The molecule has 0 saturated heterocycles. The monoisotopic (exact) mass is 240 g/mol. The second kappa shape index (κ2) is 6.35. The van der Waals surface area contributed by atoms with Crippen molar-refractivity contribution < 1.29 is 19.3 Å². The Bertz CT molecular complexity index is 335. The average molecular weight is 240 g/mol. The van der Waals surface area contributed by atoms with Gasteiger partial charge in [0, 0.05) is 0 Å². The maximum absolute atomic E-state index is 9.28. The normalized spacial score (nSPS) is 12.1. The number of benzene rings is 1. The highest BCUT2D eigenvalue weighted by atomic mass is 16.5. The van der Waals surface area contributed by atoms with Crippen molar-refractivity contribution in [1.29, 1.82) is 0 Å². The molecule has 1 N–H and O–H groups in total. The summed E-state index contributed by atoms with van der Waals surface area (Å²) in [5.41, 5.74) is 1.06. The van der Waals surface area contributed by atoms with E-state index in [9.17, 15) is 5.11 Å². The Morgan fingerprint density at radius 1 is 1.06 bits per heavy atom. The number of ether oxygens (including phenoxy) is 3. The topological polar surface area (TPSA) is 47.9 Å². The third kappa shape index (κ3) is 3.53. The van der Waals surface area contributed by atoms with Crippen LogP contribution in [0.25, 0.3) is 0 Å². The molecule has 1 unspecified atom stereocenters. The second-order valence-electron chi connectivity index (χ2n) is 3.92. The standard InChI is InChI=1S/C13H20O4/c1-9(14)5-6-10-7-11(15-2)13(17-4)12(8-10)16-3/h7-9,14H,5-6H2,1-4H3. The van der Waals surface area contributed by atoms with Crippen molar-refractivity contribution in [3.63, 3.8) is 0 Å². The van der Waals surface area contributed by atoms with E-state index in [0.717, 1.165) is 12.0 Å². The third-order valence-electron chi connectivity index (χ3n) is 2.58. The zero-order valence-corrected chi connectivity index (χ0v) is 10.8. The molecule has 0 aliphatic carbocycles. The smallest absolute Gasteiger partial charge is 0.203 e. The number of hydrogen-bond acceptors (Lipinski definition) is 4. The van der Waals surface area contributed by atoms with Gasteiger partial charge < -0.3 is 19.3 Å². The van der Waals surface area contributed by atoms with E-state index in [2.05, 4.69) is 0 Å². The number of aliphatic hydroxyl groups excluding tert-OH is 1. The first-order chi connectivity index (χ1) is 8.12. The van der Waals surface area contributed by atoms with Gasteiger partial charge in [0.05, 0.1) is 27.4 Å². The van der Waals surface area contributed by atoms with Crippen LogP contribution in [0.5, 0.6) is 17.2 Å². The summed E-state index contributed by atoms with van der Waals surface area (Å²) in [6.07, 6.45) is 1.17. The van der Waals surface area contributed by atoms with Crippen LogP contribution in [-0.4, -0.2) is 32.5 Å². The Labute approximate surface area is 102 Å². The molecule has 96 valence electrons. The van der Waals surface area contributed by atoms with Crippen molar-refractivity contribution in [3.05, 3.63) is 17.7 Å². The van der Waals surface area contributed by atoms with Gasteiger partial charge in [-0.15, -0.1) is 0 Å². The van der Waals surface area contributed by atoms with Gasteiger partial charge >= 0.3 is 0 Å². The van der Waals surface area contributed by atoms with Gasteiger partial charge in [-0.2, -0.15) is 0 Å². The lowest BCUT2D eigenvalue weighted by Crippen LogP contribution is -2.02. The molecule has 4 nitrogen and oxygen atoms in total. The number of rotatable bonds is 6. The molecule has 0 heterocycles. The summed E-state index contributed by atoms with van der Waals surface area (Å²) >= 11 is 0. The van der Waals surface area contributed by atoms with Gasteiger partial charge in [0.2, 0.25) is 5.75 Å². The number of aryl methyl sites for hydroxylation is 1. The fraction of sp³-hybridized carbons (Fsp3) is 0.538. The molecule has 0 aromatic heterocycles. The van der Waals surface area contributed by atoms with Crippen LogP contribution in [0.2, 0.25) is 0 Å². The van der Waals surface area contributed by atoms with Crippen molar-refractivity contribution in [2.45, 2.75) is 25.9 Å². The minimum absolute atomic E-state index is 0.311. The van der Waals surface area contributed by atoms with Crippen molar-refractivity contribution in [2.75, 3.05) is 21.3 Å². The summed E-state index contributed by atoms with van der Waals surface area (Å²) in [5.74, 6) is 1.88. The van der Waals surface area contributed by atoms with Crippen LogP contribution < -0.4 is 14.2 Å².